The number of imide groups is 1. The summed E-state index contributed by atoms with van der Waals surface area (Å²) in [7, 11) is 2.56. The number of phenols is 1. The van der Waals surface area contributed by atoms with Crippen LogP contribution in [0.3, 0.4) is 0 Å². The van der Waals surface area contributed by atoms with Crippen LogP contribution in [0.4, 0.5) is 32.0 Å². The van der Waals surface area contributed by atoms with Gasteiger partial charge in [-0.3, -0.25) is 19.2 Å². The summed E-state index contributed by atoms with van der Waals surface area (Å²) in [5.41, 5.74) is -3.39. The number of hydrogen-bond acceptors (Lipinski definition) is 7. The third-order valence-electron chi connectivity index (χ3n) is 9.00. The van der Waals surface area contributed by atoms with Crippen LogP contribution in [-0.2, 0) is 31.5 Å². The molecule has 0 bridgehead atoms. The van der Waals surface area contributed by atoms with Crippen LogP contribution in [0, 0.1) is 17.8 Å². The number of methoxy groups -OCH3 is 2. The molecule has 4 aliphatic rings. The Morgan fingerprint density at radius 3 is 1.96 bits per heavy atom. The molecule has 1 aliphatic heterocycles. The number of anilines is 1. The second-order valence-corrected chi connectivity index (χ2v) is 12.3. The molecule has 0 radical (unpaired) electrons. The van der Waals surface area contributed by atoms with E-state index in [-0.39, 0.29) is 51.8 Å². The molecule has 1 fully saturated rings. The number of allylic oxidation sites excluding steroid dienone is 6. The standard InChI is InChI=1S/C32H22BrF6NO7/c1-46-22-5-12(6-23(47-2)28(22)43)24-16-3-4-17-25(18(16)10-19-26(24)21(41)11-20(33)27(19)42)30(45)40(29(17)44)15-8-13(31(34,35)36)7-14(9-15)32(37,38)39/h3,5-9,11,17-18,24-25,43H,4,10H2,1-2H3/t17-,18+,24-,25-/m0/s1. The highest BCUT2D eigenvalue weighted by atomic mass is 79.9. The van der Waals surface area contributed by atoms with E-state index < -0.39 is 76.2 Å². The van der Waals surface area contributed by atoms with E-state index in [0.29, 0.717) is 28.2 Å². The van der Waals surface area contributed by atoms with E-state index in [4.69, 9.17) is 9.47 Å². The number of ketones is 2. The summed E-state index contributed by atoms with van der Waals surface area (Å²) < 4.78 is 92.5. The molecule has 15 heteroatoms. The van der Waals surface area contributed by atoms with Crippen molar-refractivity contribution in [2.24, 2.45) is 17.8 Å². The Kier molecular flexibility index (Phi) is 7.68. The highest BCUT2D eigenvalue weighted by Crippen LogP contribution is 2.57. The maximum absolute atomic E-state index is 14.0. The molecule has 0 unspecified atom stereocenters. The minimum Gasteiger partial charge on any atom is -0.502 e. The number of ether oxygens (including phenoxy) is 2. The van der Waals surface area contributed by atoms with Crippen LogP contribution in [-0.4, -0.2) is 42.7 Å². The van der Waals surface area contributed by atoms with Crippen LogP contribution in [0.15, 0.2) is 63.7 Å². The molecule has 2 amide bonds. The fourth-order valence-electron chi connectivity index (χ4n) is 6.99. The molecule has 47 heavy (non-hydrogen) atoms. The van der Waals surface area contributed by atoms with E-state index >= 15 is 0 Å². The molecule has 1 heterocycles. The van der Waals surface area contributed by atoms with Crippen molar-refractivity contribution >= 4 is 45.0 Å². The van der Waals surface area contributed by atoms with E-state index in [9.17, 15) is 50.6 Å². The van der Waals surface area contributed by atoms with Crippen molar-refractivity contribution < 1.29 is 60.1 Å². The van der Waals surface area contributed by atoms with Gasteiger partial charge in [-0.2, -0.15) is 26.3 Å². The van der Waals surface area contributed by atoms with Crippen molar-refractivity contribution in [3.63, 3.8) is 0 Å². The molecule has 8 nitrogen and oxygen atoms in total. The average molecular weight is 726 g/mol. The third kappa shape index (κ3) is 5.15. The number of benzene rings is 2. The quantitative estimate of drug-likeness (QED) is 0.168. The molecule has 0 spiro atoms. The Hall–Kier alpha value is -4.40. The lowest BCUT2D eigenvalue weighted by molar-refractivity contribution is -0.143. The Morgan fingerprint density at radius 2 is 1.43 bits per heavy atom. The van der Waals surface area contributed by atoms with Gasteiger partial charge in [-0.25, -0.2) is 4.90 Å². The van der Waals surface area contributed by atoms with Crippen LogP contribution < -0.4 is 14.4 Å². The van der Waals surface area contributed by atoms with Crippen molar-refractivity contribution in [2.45, 2.75) is 31.1 Å². The molecular formula is C32H22BrF6NO7. The summed E-state index contributed by atoms with van der Waals surface area (Å²) in [5.74, 6) is -7.94. The summed E-state index contributed by atoms with van der Waals surface area (Å²) in [5, 5.41) is 10.5. The second kappa shape index (κ2) is 11.1. The van der Waals surface area contributed by atoms with Crippen molar-refractivity contribution in [3.8, 4) is 17.2 Å². The molecule has 246 valence electrons. The molecule has 2 aromatic rings. The van der Waals surface area contributed by atoms with Crippen LogP contribution >= 0.6 is 15.9 Å². The predicted molar refractivity (Wildman–Crippen MR) is 155 cm³/mol. The SMILES string of the molecule is COc1cc([C@H]2C3=CC[C@@H]4C(=O)N(c5cc(C(F)(F)F)cc(C(F)(F)F)c5)C(=O)[C@@H]4[C@@H]3CC3=C2C(=O)C=C(Br)C3=O)cc(OC)c1O. The summed E-state index contributed by atoms with van der Waals surface area (Å²) in [6, 6.07) is 3.38. The first-order valence-electron chi connectivity index (χ1n) is 14.0. The first-order chi connectivity index (χ1) is 22.0. The van der Waals surface area contributed by atoms with Gasteiger partial charge < -0.3 is 14.6 Å². The number of alkyl halides is 6. The lowest BCUT2D eigenvalue weighted by Gasteiger charge is -2.42. The van der Waals surface area contributed by atoms with Crippen LogP contribution in [0.2, 0.25) is 0 Å². The summed E-state index contributed by atoms with van der Waals surface area (Å²) in [4.78, 5) is 54.9. The minimum atomic E-state index is -5.22. The maximum atomic E-state index is 14.0. The number of carbonyl (C=O) groups is 4. The number of halogens is 7. The number of amides is 2. The molecule has 0 saturated carbocycles. The van der Waals surface area contributed by atoms with Crippen LogP contribution in [0.1, 0.15) is 35.4 Å². The van der Waals surface area contributed by atoms with Gasteiger partial charge in [0.05, 0.1) is 47.4 Å². The van der Waals surface area contributed by atoms with Crippen molar-refractivity contribution in [1.29, 1.82) is 0 Å². The van der Waals surface area contributed by atoms with Gasteiger partial charge in [-0.05, 0) is 70.6 Å². The zero-order chi connectivity index (χ0) is 34.3. The van der Waals surface area contributed by atoms with E-state index in [2.05, 4.69) is 15.9 Å². The lowest BCUT2D eigenvalue weighted by Crippen LogP contribution is -2.39. The van der Waals surface area contributed by atoms with Gasteiger partial charge in [0.1, 0.15) is 0 Å². The molecule has 6 rings (SSSR count). The average Bonchev–Trinajstić information content (AvgIpc) is 3.27. The Morgan fingerprint density at radius 1 is 0.851 bits per heavy atom. The highest BCUT2D eigenvalue weighted by Gasteiger charge is 2.57. The van der Waals surface area contributed by atoms with Gasteiger partial charge in [-0.1, -0.05) is 11.6 Å². The normalized spacial score (nSPS) is 24.5. The second-order valence-electron chi connectivity index (χ2n) is 11.4. The monoisotopic (exact) mass is 725 g/mol. The van der Waals surface area contributed by atoms with Gasteiger partial charge in [-0.15, -0.1) is 0 Å². The van der Waals surface area contributed by atoms with Crippen molar-refractivity contribution in [2.75, 3.05) is 19.1 Å². The number of hydrogen-bond donors (Lipinski definition) is 1. The fourth-order valence-corrected chi connectivity index (χ4v) is 7.44. The number of carbonyl (C=O) groups excluding carboxylic acids is 4. The first-order valence-corrected chi connectivity index (χ1v) is 14.8. The molecule has 1 N–H and O–H groups in total. The zero-order valence-electron chi connectivity index (χ0n) is 24.3. The van der Waals surface area contributed by atoms with Crippen molar-refractivity contribution in [1.82, 2.24) is 0 Å². The van der Waals surface area contributed by atoms with Crippen molar-refractivity contribution in [3.05, 3.63) is 80.4 Å². The number of Topliss-reactive ketones (excluding diaryl/α,β-unsaturated/α-hetero) is 1. The molecule has 1 saturated heterocycles. The Bertz CT molecular complexity index is 1820. The first kappa shape index (κ1) is 32.5. The van der Waals surface area contributed by atoms with E-state index in [1.807, 2.05) is 0 Å². The lowest BCUT2D eigenvalue weighted by atomic mass is 9.59. The van der Waals surface area contributed by atoms with Gasteiger partial charge in [0.25, 0.3) is 0 Å². The summed E-state index contributed by atoms with van der Waals surface area (Å²) >= 11 is 3.09. The van der Waals surface area contributed by atoms with Gasteiger partial charge in [0.2, 0.25) is 17.6 Å². The van der Waals surface area contributed by atoms with Gasteiger partial charge >= 0.3 is 12.4 Å². The molecule has 3 aliphatic carbocycles. The van der Waals surface area contributed by atoms with E-state index in [1.165, 1.54) is 26.4 Å². The van der Waals surface area contributed by atoms with Crippen LogP contribution in [0.25, 0.3) is 0 Å². The molecule has 2 aromatic carbocycles. The summed E-state index contributed by atoms with van der Waals surface area (Å²) in [6.45, 7) is 0. The minimum absolute atomic E-state index is 0.0281. The van der Waals surface area contributed by atoms with Gasteiger partial charge in [0.15, 0.2) is 23.1 Å². The maximum Gasteiger partial charge on any atom is 0.416 e. The zero-order valence-corrected chi connectivity index (χ0v) is 25.8. The largest absolute Gasteiger partial charge is 0.502 e. The number of aromatic hydroxyl groups is 1. The number of rotatable bonds is 4. The molecule has 4 atom stereocenters. The predicted octanol–water partition coefficient (Wildman–Crippen LogP) is 6.41. The summed E-state index contributed by atoms with van der Waals surface area (Å²) in [6.07, 6.45) is -8.06. The Balaban J connectivity index is 1.50. The number of fused-ring (bicyclic) bond motifs is 3. The number of nitrogens with zero attached hydrogens (tertiary/aromatic N) is 1. The topological polar surface area (TPSA) is 110 Å². The number of phenolic OH excluding ortho intramolecular Hbond substituents is 1. The van der Waals surface area contributed by atoms with Gasteiger partial charge in [0, 0.05) is 23.1 Å². The molecule has 0 aromatic heterocycles. The van der Waals surface area contributed by atoms with E-state index in [0.717, 1.165) is 6.08 Å². The molecular weight excluding hydrogens is 704 g/mol. The Labute approximate surface area is 270 Å². The highest BCUT2D eigenvalue weighted by molar-refractivity contribution is 9.12. The third-order valence-corrected chi connectivity index (χ3v) is 9.59. The smallest absolute Gasteiger partial charge is 0.416 e. The fraction of sp³-hybridized carbons (Fsp3) is 0.312. The van der Waals surface area contributed by atoms with E-state index in [1.54, 1.807) is 6.08 Å². The van der Waals surface area contributed by atoms with Crippen LogP contribution in [0.5, 0.6) is 17.2 Å².